The highest BCUT2D eigenvalue weighted by atomic mass is 16.5. The van der Waals surface area contributed by atoms with Crippen molar-refractivity contribution >= 4 is 16.7 Å². The lowest BCUT2D eigenvalue weighted by Crippen LogP contribution is -2.04. The fourth-order valence-electron chi connectivity index (χ4n) is 2.34. The fourth-order valence-corrected chi connectivity index (χ4v) is 2.34. The first-order valence-corrected chi connectivity index (χ1v) is 7.71. The summed E-state index contributed by atoms with van der Waals surface area (Å²) in [5, 5.41) is 2.21. The first-order valence-electron chi connectivity index (χ1n) is 7.71. The second-order valence-electron chi connectivity index (χ2n) is 5.58. The lowest BCUT2D eigenvalue weighted by Gasteiger charge is -2.10. The van der Waals surface area contributed by atoms with E-state index in [0.717, 1.165) is 27.8 Å². The van der Waals surface area contributed by atoms with Gasteiger partial charge in [-0.1, -0.05) is 55.1 Å². The van der Waals surface area contributed by atoms with Gasteiger partial charge in [-0.2, -0.15) is 0 Å². The van der Waals surface area contributed by atoms with Crippen molar-refractivity contribution in [1.29, 1.82) is 0 Å². The zero-order chi connectivity index (χ0) is 16.9. The molecule has 0 aliphatic heterocycles. The third-order valence-corrected chi connectivity index (χ3v) is 3.62. The van der Waals surface area contributed by atoms with Gasteiger partial charge in [0.15, 0.2) is 0 Å². The van der Waals surface area contributed by atoms with Gasteiger partial charge < -0.3 is 9.47 Å². The highest BCUT2D eigenvalue weighted by Gasteiger charge is 2.05. The summed E-state index contributed by atoms with van der Waals surface area (Å²) >= 11 is 0. The van der Waals surface area contributed by atoms with Gasteiger partial charge in [-0.3, -0.25) is 0 Å². The van der Waals surface area contributed by atoms with Crippen molar-refractivity contribution in [2.75, 3.05) is 0 Å². The average molecular weight is 318 g/mol. The molecule has 3 nitrogen and oxygen atoms in total. The third kappa shape index (κ3) is 3.63. The number of carbonyl (C=O) groups is 1. The smallest absolute Gasteiger partial charge is 0.333 e. The number of fused-ring (bicyclic) bond motifs is 1. The molecule has 0 aliphatic carbocycles. The molecule has 0 spiro atoms. The van der Waals surface area contributed by atoms with Crippen LogP contribution in [0, 0.1) is 0 Å². The van der Waals surface area contributed by atoms with Gasteiger partial charge in [0, 0.05) is 11.0 Å². The largest absolute Gasteiger partial charge is 0.457 e. The van der Waals surface area contributed by atoms with E-state index < -0.39 is 0 Å². The zero-order valence-electron chi connectivity index (χ0n) is 13.5. The quantitative estimate of drug-likeness (QED) is 0.476. The number of carbonyl (C=O) groups excluding carboxylic acids is 1. The van der Waals surface area contributed by atoms with E-state index in [-0.39, 0.29) is 12.6 Å². The molecule has 0 bridgehead atoms. The van der Waals surface area contributed by atoms with Crippen LogP contribution in [-0.4, -0.2) is 5.97 Å². The second-order valence-corrected chi connectivity index (χ2v) is 5.58. The highest BCUT2D eigenvalue weighted by Crippen LogP contribution is 2.29. The molecule has 24 heavy (non-hydrogen) atoms. The Hall–Kier alpha value is -3.07. The number of esters is 1. The summed E-state index contributed by atoms with van der Waals surface area (Å²) < 4.78 is 11.1. The van der Waals surface area contributed by atoms with E-state index in [9.17, 15) is 4.79 Å². The van der Waals surface area contributed by atoms with E-state index in [1.807, 2.05) is 54.6 Å². The standard InChI is InChI=1S/C21H18O3/c1-15(2)21(22)23-14-16-10-12-18(13-11-16)24-20-9-5-7-17-6-3-4-8-19(17)20/h3-13H,1,14H2,2H3. The van der Waals surface area contributed by atoms with Crippen molar-refractivity contribution in [2.24, 2.45) is 0 Å². The van der Waals surface area contributed by atoms with Crippen LogP contribution in [0.2, 0.25) is 0 Å². The third-order valence-electron chi connectivity index (χ3n) is 3.62. The second kappa shape index (κ2) is 7.01. The van der Waals surface area contributed by atoms with E-state index in [1.165, 1.54) is 0 Å². The van der Waals surface area contributed by atoms with Crippen LogP contribution in [-0.2, 0) is 16.1 Å². The number of hydrogen-bond donors (Lipinski definition) is 0. The van der Waals surface area contributed by atoms with Crippen LogP contribution in [0.25, 0.3) is 10.8 Å². The summed E-state index contributed by atoms with van der Waals surface area (Å²) in [6.45, 7) is 5.41. The van der Waals surface area contributed by atoms with Gasteiger partial charge in [0.2, 0.25) is 0 Å². The fraction of sp³-hybridized carbons (Fsp3) is 0.0952. The Kier molecular flexibility index (Phi) is 4.62. The molecule has 0 radical (unpaired) electrons. The van der Waals surface area contributed by atoms with E-state index in [2.05, 4.69) is 18.7 Å². The van der Waals surface area contributed by atoms with E-state index in [1.54, 1.807) is 6.92 Å². The van der Waals surface area contributed by atoms with Crippen LogP contribution in [0.4, 0.5) is 0 Å². The van der Waals surface area contributed by atoms with Crippen molar-refractivity contribution < 1.29 is 14.3 Å². The van der Waals surface area contributed by atoms with Crippen LogP contribution in [0.3, 0.4) is 0 Å². The average Bonchev–Trinajstić information content (AvgIpc) is 2.61. The van der Waals surface area contributed by atoms with Gasteiger partial charge in [-0.15, -0.1) is 0 Å². The summed E-state index contributed by atoms with van der Waals surface area (Å²) in [5.41, 5.74) is 1.29. The highest BCUT2D eigenvalue weighted by molar-refractivity contribution is 5.88. The molecule has 0 N–H and O–H groups in total. The number of ether oxygens (including phenoxy) is 2. The number of hydrogen-bond acceptors (Lipinski definition) is 3. The van der Waals surface area contributed by atoms with Crippen molar-refractivity contribution in [3.8, 4) is 11.5 Å². The topological polar surface area (TPSA) is 35.5 Å². The van der Waals surface area contributed by atoms with Crippen molar-refractivity contribution in [3.63, 3.8) is 0 Å². The first kappa shape index (κ1) is 15.8. The maximum absolute atomic E-state index is 11.4. The van der Waals surface area contributed by atoms with Crippen LogP contribution in [0.15, 0.2) is 78.9 Å². The number of rotatable bonds is 5. The van der Waals surface area contributed by atoms with E-state index >= 15 is 0 Å². The molecule has 0 unspecified atom stereocenters. The van der Waals surface area contributed by atoms with Gasteiger partial charge in [0.25, 0.3) is 0 Å². The minimum absolute atomic E-state index is 0.222. The maximum atomic E-state index is 11.4. The van der Waals surface area contributed by atoms with Crippen molar-refractivity contribution in [3.05, 3.63) is 84.4 Å². The molecule has 0 saturated carbocycles. The van der Waals surface area contributed by atoms with Gasteiger partial charge >= 0.3 is 5.97 Å². The summed E-state index contributed by atoms with van der Waals surface area (Å²) in [6, 6.07) is 21.6. The minimum atomic E-state index is -0.383. The summed E-state index contributed by atoms with van der Waals surface area (Å²) in [6.07, 6.45) is 0. The van der Waals surface area contributed by atoms with Crippen LogP contribution in [0.1, 0.15) is 12.5 Å². The number of benzene rings is 3. The molecular weight excluding hydrogens is 300 g/mol. The summed E-state index contributed by atoms with van der Waals surface area (Å²) in [7, 11) is 0. The van der Waals surface area contributed by atoms with E-state index in [0.29, 0.717) is 5.57 Å². The SMILES string of the molecule is C=C(C)C(=O)OCc1ccc(Oc2cccc3ccccc23)cc1. The first-order chi connectivity index (χ1) is 11.6. The van der Waals surface area contributed by atoms with Crippen LogP contribution >= 0.6 is 0 Å². The Morgan fingerprint density at radius 3 is 2.42 bits per heavy atom. The van der Waals surface area contributed by atoms with Crippen molar-refractivity contribution in [2.45, 2.75) is 13.5 Å². The van der Waals surface area contributed by atoms with Crippen molar-refractivity contribution in [1.82, 2.24) is 0 Å². The lowest BCUT2D eigenvalue weighted by molar-refractivity contribution is -0.140. The maximum Gasteiger partial charge on any atom is 0.333 e. The molecule has 0 aliphatic rings. The molecule has 0 amide bonds. The Labute approximate surface area is 141 Å². The molecule has 3 rings (SSSR count). The molecule has 0 fully saturated rings. The monoisotopic (exact) mass is 318 g/mol. The molecule has 3 aromatic carbocycles. The van der Waals surface area contributed by atoms with Gasteiger partial charge in [0.1, 0.15) is 18.1 Å². The normalized spacial score (nSPS) is 10.4. The summed E-state index contributed by atoms with van der Waals surface area (Å²) in [4.78, 5) is 11.4. The lowest BCUT2D eigenvalue weighted by atomic mass is 10.1. The molecule has 120 valence electrons. The Balaban J connectivity index is 1.72. The van der Waals surface area contributed by atoms with Gasteiger partial charge in [0.05, 0.1) is 0 Å². The molecule has 3 heteroatoms. The molecule has 0 atom stereocenters. The Bertz CT molecular complexity index is 874. The molecular formula is C21H18O3. The molecule has 3 aromatic rings. The molecule has 0 aromatic heterocycles. The summed E-state index contributed by atoms with van der Waals surface area (Å²) in [5.74, 6) is 1.17. The Morgan fingerprint density at radius 1 is 0.958 bits per heavy atom. The van der Waals surface area contributed by atoms with Gasteiger partial charge in [-0.05, 0) is 36.1 Å². The van der Waals surface area contributed by atoms with Gasteiger partial charge in [-0.25, -0.2) is 4.79 Å². The predicted octanol–water partition coefficient (Wildman–Crippen LogP) is 5.25. The van der Waals surface area contributed by atoms with Crippen LogP contribution < -0.4 is 4.74 Å². The zero-order valence-corrected chi connectivity index (χ0v) is 13.5. The molecule has 0 heterocycles. The predicted molar refractivity (Wildman–Crippen MR) is 95.1 cm³/mol. The minimum Gasteiger partial charge on any atom is -0.457 e. The van der Waals surface area contributed by atoms with E-state index in [4.69, 9.17) is 9.47 Å². The Morgan fingerprint density at radius 2 is 1.67 bits per heavy atom. The van der Waals surface area contributed by atoms with Crippen LogP contribution in [0.5, 0.6) is 11.5 Å². The molecule has 0 saturated heterocycles.